The van der Waals surface area contributed by atoms with Crippen LogP contribution in [0.3, 0.4) is 0 Å². The van der Waals surface area contributed by atoms with Gasteiger partial charge in [-0.1, -0.05) is 20.8 Å². The molecule has 3 heteroatoms. The van der Waals surface area contributed by atoms with Gasteiger partial charge in [-0.3, -0.25) is 9.59 Å². The number of ether oxygens (including phenoxy) is 1. The van der Waals surface area contributed by atoms with Crippen LogP contribution in [0.1, 0.15) is 53.9 Å². The molecule has 0 fully saturated rings. The van der Waals surface area contributed by atoms with Crippen molar-refractivity contribution < 1.29 is 14.3 Å². The van der Waals surface area contributed by atoms with Crippen LogP contribution in [0.25, 0.3) is 0 Å². The molecule has 0 rings (SSSR count). The van der Waals surface area contributed by atoms with Crippen LogP contribution >= 0.6 is 0 Å². The van der Waals surface area contributed by atoms with E-state index in [1.54, 1.807) is 0 Å². The van der Waals surface area contributed by atoms with Crippen molar-refractivity contribution in [2.24, 2.45) is 11.8 Å². The van der Waals surface area contributed by atoms with Crippen molar-refractivity contribution in [3.63, 3.8) is 0 Å². The molecule has 16 heavy (non-hydrogen) atoms. The van der Waals surface area contributed by atoms with Gasteiger partial charge in [-0.2, -0.15) is 0 Å². The molecule has 0 aliphatic rings. The van der Waals surface area contributed by atoms with Crippen molar-refractivity contribution in [3.05, 3.63) is 0 Å². The second-order valence-electron chi connectivity index (χ2n) is 4.33. The lowest BCUT2D eigenvalue weighted by Gasteiger charge is -2.23. The van der Waals surface area contributed by atoms with Crippen molar-refractivity contribution in [1.29, 1.82) is 0 Å². The molecule has 94 valence electrons. The molecule has 0 aromatic carbocycles. The summed E-state index contributed by atoms with van der Waals surface area (Å²) in [5.74, 6) is -0.526. The van der Waals surface area contributed by atoms with Crippen LogP contribution in [0.15, 0.2) is 0 Å². The molecule has 0 radical (unpaired) electrons. The van der Waals surface area contributed by atoms with Crippen LogP contribution in [0.4, 0.5) is 0 Å². The lowest BCUT2D eigenvalue weighted by atomic mass is 9.84. The SMILES string of the molecule is CCC(=O)C(CC)C(CC)C(=O)OC(C)C. The summed E-state index contributed by atoms with van der Waals surface area (Å²) in [5, 5.41) is 0. The molecule has 0 N–H and O–H groups in total. The second-order valence-corrected chi connectivity index (χ2v) is 4.33. The van der Waals surface area contributed by atoms with Crippen LogP contribution in [-0.2, 0) is 14.3 Å². The lowest BCUT2D eigenvalue weighted by Crippen LogP contribution is -2.31. The average Bonchev–Trinajstić information content (AvgIpc) is 2.23. The monoisotopic (exact) mass is 228 g/mol. The van der Waals surface area contributed by atoms with Gasteiger partial charge < -0.3 is 4.74 Å². The van der Waals surface area contributed by atoms with E-state index in [9.17, 15) is 9.59 Å². The molecule has 0 saturated heterocycles. The third-order valence-electron chi connectivity index (χ3n) is 2.78. The quantitative estimate of drug-likeness (QED) is 0.629. The van der Waals surface area contributed by atoms with Crippen molar-refractivity contribution in [2.75, 3.05) is 0 Å². The first-order chi connectivity index (χ1) is 7.47. The topological polar surface area (TPSA) is 43.4 Å². The van der Waals surface area contributed by atoms with E-state index in [1.165, 1.54) is 0 Å². The van der Waals surface area contributed by atoms with E-state index in [4.69, 9.17) is 4.74 Å². The second kappa shape index (κ2) is 7.42. The fourth-order valence-corrected chi connectivity index (χ4v) is 1.93. The average molecular weight is 228 g/mol. The molecule has 0 saturated carbocycles. The number of esters is 1. The van der Waals surface area contributed by atoms with Crippen molar-refractivity contribution in [3.8, 4) is 0 Å². The summed E-state index contributed by atoms with van der Waals surface area (Å²) in [5.41, 5.74) is 0. The molecule has 0 bridgehead atoms. The smallest absolute Gasteiger partial charge is 0.309 e. The number of rotatable bonds is 7. The van der Waals surface area contributed by atoms with Crippen LogP contribution < -0.4 is 0 Å². The summed E-state index contributed by atoms with van der Waals surface area (Å²) in [4.78, 5) is 23.6. The molecular weight excluding hydrogens is 204 g/mol. The number of hydrogen-bond acceptors (Lipinski definition) is 3. The Balaban J connectivity index is 4.67. The molecule has 3 nitrogen and oxygen atoms in total. The minimum atomic E-state index is -0.278. The molecule has 0 spiro atoms. The van der Waals surface area contributed by atoms with Gasteiger partial charge in [-0.25, -0.2) is 0 Å². The van der Waals surface area contributed by atoms with E-state index in [0.29, 0.717) is 19.3 Å². The Bertz CT molecular complexity index is 233. The van der Waals surface area contributed by atoms with Gasteiger partial charge in [0.2, 0.25) is 0 Å². The first-order valence-corrected chi connectivity index (χ1v) is 6.20. The standard InChI is InChI=1S/C13H24O3/c1-6-10(12(14)8-3)11(7-2)13(15)16-9(4)5/h9-11H,6-8H2,1-5H3. The van der Waals surface area contributed by atoms with Gasteiger partial charge in [0.25, 0.3) is 0 Å². The molecule has 2 atom stereocenters. The minimum absolute atomic E-state index is 0.115. The molecule has 0 aromatic rings. The molecule has 0 amide bonds. The number of Topliss-reactive ketones (excluding diaryl/α,β-unsaturated/α-hetero) is 1. The van der Waals surface area contributed by atoms with Gasteiger partial charge in [0.15, 0.2) is 0 Å². The van der Waals surface area contributed by atoms with Gasteiger partial charge in [-0.05, 0) is 26.7 Å². The van der Waals surface area contributed by atoms with Crippen molar-refractivity contribution in [2.45, 2.75) is 60.0 Å². The summed E-state index contributed by atoms with van der Waals surface area (Å²) in [6.45, 7) is 9.37. The Morgan fingerprint density at radius 3 is 1.81 bits per heavy atom. The van der Waals surface area contributed by atoms with Gasteiger partial charge >= 0.3 is 5.97 Å². The number of carbonyl (C=O) groups excluding carboxylic acids is 2. The number of carbonyl (C=O) groups is 2. The summed E-state index contributed by atoms with van der Waals surface area (Å²) in [7, 11) is 0. The fraction of sp³-hybridized carbons (Fsp3) is 0.846. The highest BCUT2D eigenvalue weighted by Gasteiger charge is 2.31. The Morgan fingerprint density at radius 1 is 1.00 bits per heavy atom. The molecule has 2 unspecified atom stereocenters. The highest BCUT2D eigenvalue weighted by molar-refractivity contribution is 5.86. The van der Waals surface area contributed by atoms with E-state index >= 15 is 0 Å². The Kier molecular flexibility index (Phi) is 7.02. The summed E-state index contributed by atoms with van der Waals surface area (Å²) in [6, 6.07) is 0. The number of hydrogen-bond donors (Lipinski definition) is 0. The van der Waals surface area contributed by atoms with Gasteiger partial charge in [0.05, 0.1) is 12.0 Å². The largest absolute Gasteiger partial charge is 0.463 e. The Hall–Kier alpha value is -0.860. The maximum atomic E-state index is 11.8. The number of ketones is 1. The first-order valence-electron chi connectivity index (χ1n) is 6.20. The van der Waals surface area contributed by atoms with Gasteiger partial charge in [-0.15, -0.1) is 0 Å². The van der Waals surface area contributed by atoms with Crippen molar-refractivity contribution >= 4 is 11.8 Å². The highest BCUT2D eigenvalue weighted by Crippen LogP contribution is 2.23. The van der Waals surface area contributed by atoms with E-state index in [-0.39, 0.29) is 29.7 Å². The third kappa shape index (κ3) is 4.33. The normalized spacial score (nSPS) is 14.6. The zero-order valence-corrected chi connectivity index (χ0v) is 11.1. The molecule has 0 aliphatic heterocycles. The Labute approximate surface area is 98.6 Å². The van der Waals surface area contributed by atoms with Crippen LogP contribution in [0.2, 0.25) is 0 Å². The van der Waals surface area contributed by atoms with Crippen LogP contribution in [0, 0.1) is 11.8 Å². The third-order valence-corrected chi connectivity index (χ3v) is 2.78. The van der Waals surface area contributed by atoms with Gasteiger partial charge in [0.1, 0.15) is 5.78 Å². The lowest BCUT2D eigenvalue weighted by molar-refractivity contribution is -0.156. The fourth-order valence-electron chi connectivity index (χ4n) is 1.93. The van der Waals surface area contributed by atoms with E-state index in [0.717, 1.165) is 0 Å². The molecule has 0 heterocycles. The maximum Gasteiger partial charge on any atom is 0.309 e. The Morgan fingerprint density at radius 2 is 1.50 bits per heavy atom. The van der Waals surface area contributed by atoms with Crippen molar-refractivity contribution in [1.82, 2.24) is 0 Å². The zero-order valence-electron chi connectivity index (χ0n) is 11.1. The predicted octanol–water partition coefficient (Wildman–Crippen LogP) is 2.97. The zero-order chi connectivity index (χ0) is 12.7. The maximum absolute atomic E-state index is 11.8. The summed E-state index contributed by atoms with van der Waals surface area (Å²) < 4.78 is 5.19. The van der Waals surface area contributed by atoms with Gasteiger partial charge in [0, 0.05) is 12.3 Å². The minimum Gasteiger partial charge on any atom is -0.463 e. The summed E-state index contributed by atoms with van der Waals surface area (Å²) >= 11 is 0. The van der Waals surface area contributed by atoms with E-state index < -0.39 is 0 Å². The highest BCUT2D eigenvalue weighted by atomic mass is 16.5. The van der Waals surface area contributed by atoms with Crippen LogP contribution in [-0.4, -0.2) is 17.9 Å². The molecular formula is C13H24O3. The molecule has 0 aromatic heterocycles. The van der Waals surface area contributed by atoms with E-state index in [1.807, 2.05) is 34.6 Å². The van der Waals surface area contributed by atoms with E-state index in [2.05, 4.69) is 0 Å². The van der Waals surface area contributed by atoms with Crippen LogP contribution in [0.5, 0.6) is 0 Å². The first kappa shape index (κ1) is 15.1. The summed E-state index contributed by atoms with van der Waals surface area (Å²) in [6.07, 6.45) is 1.74. The predicted molar refractivity (Wildman–Crippen MR) is 64.1 cm³/mol. The molecule has 0 aliphatic carbocycles.